The van der Waals surface area contributed by atoms with Crippen LogP contribution in [0, 0.1) is 0 Å². The first kappa shape index (κ1) is 29.9. The predicted molar refractivity (Wildman–Crippen MR) is 153 cm³/mol. The molecule has 0 amide bonds. The second-order valence-corrected chi connectivity index (χ2v) is 11.7. The van der Waals surface area contributed by atoms with Crippen molar-refractivity contribution < 1.29 is 27.5 Å². The van der Waals surface area contributed by atoms with Crippen molar-refractivity contribution in [1.82, 2.24) is 15.0 Å². The van der Waals surface area contributed by atoms with Crippen molar-refractivity contribution in [3.8, 4) is 5.75 Å². The highest BCUT2D eigenvalue weighted by atomic mass is 32.2. The van der Waals surface area contributed by atoms with E-state index in [0.717, 1.165) is 16.5 Å². The molecule has 208 valence electrons. The molecule has 0 aliphatic rings. The summed E-state index contributed by atoms with van der Waals surface area (Å²) in [5.74, 6) is -0.657. The SMILES string of the molecule is CNC(=S)Nc1ccc(S(=O)(=O)NC(C=O)CC(=O)OC(C)(C)C)c(OCCc2cccc3ncccc23)c1. The van der Waals surface area contributed by atoms with Crippen molar-refractivity contribution in [2.24, 2.45) is 0 Å². The van der Waals surface area contributed by atoms with E-state index in [4.69, 9.17) is 21.7 Å². The number of fused-ring (bicyclic) bond motifs is 1. The molecule has 3 rings (SSSR count). The average Bonchev–Trinajstić information content (AvgIpc) is 2.87. The van der Waals surface area contributed by atoms with Crippen molar-refractivity contribution in [3.63, 3.8) is 0 Å². The highest BCUT2D eigenvalue weighted by Gasteiger charge is 2.27. The highest BCUT2D eigenvalue weighted by molar-refractivity contribution is 7.89. The molecule has 0 radical (unpaired) electrons. The van der Waals surface area contributed by atoms with Crippen molar-refractivity contribution >= 4 is 56.2 Å². The number of aldehydes is 1. The lowest BCUT2D eigenvalue weighted by Gasteiger charge is -2.21. The maximum atomic E-state index is 13.3. The van der Waals surface area contributed by atoms with Crippen molar-refractivity contribution in [2.75, 3.05) is 19.0 Å². The van der Waals surface area contributed by atoms with Crippen molar-refractivity contribution in [1.29, 1.82) is 0 Å². The van der Waals surface area contributed by atoms with Gasteiger partial charge in [0.15, 0.2) is 5.11 Å². The smallest absolute Gasteiger partial charge is 0.308 e. The molecule has 0 fully saturated rings. The Hall–Kier alpha value is -3.61. The van der Waals surface area contributed by atoms with Gasteiger partial charge in [-0.2, -0.15) is 0 Å². The van der Waals surface area contributed by atoms with Gasteiger partial charge in [-0.15, -0.1) is 0 Å². The quantitative estimate of drug-likeness (QED) is 0.178. The van der Waals surface area contributed by atoms with E-state index in [9.17, 15) is 18.0 Å². The number of anilines is 1. The molecule has 10 nitrogen and oxygen atoms in total. The Morgan fingerprint density at radius 2 is 1.92 bits per heavy atom. The van der Waals surface area contributed by atoms with Crippen LogP contribution in [0.3, 0.4) is 0 Å². The molecule has 0 aliphatic carbocycles. The monoisotopic (exact) mass is 572 g/mol. The molecule has 0 spiro atoms. The Morgan fingerprint density at radius 1 is 1.15 bits per heavy atom. The zero-order chi connectivity index (χ0) is 28.6. The number of benzene rings is 2. The first-order valence-corrected chi connectivity index (χ1v) is 14.1. The Bertz CT molecular complexity index is 1450. The van der Waals surface area contributed by atoms with E-state index in [1.165, 1.54) is 18.2 Å². The van der Waals surface area contributed by atoms with Crippen LogP contribution in [0.5, 0.6) is 5.75 Å². The fraction of sp³-hybridized carbons (Fsp3) is 0.333. The van der Waals surface area contributed by atoms with Gasteiger partial charge in [-0.3, -0.25) is 9.78 Å². The number of aromatic nitrogens is 1. The Kier molecular flexibility index (Phi) is 9.95. The molecule has 0 aliphatic heterocycles. The molecule has 3 N–H and O–H groups in total. The fourth-order valence-corrected chi connectivity index (χ4v) is 5.13. The Labute approximate surface area is 233 Å². The number of thiocarbonyl (C=S) groups is 1. The van der Waals surface area contributed by atoms with E-state index in [2.05, 4.69) is 20.3 Å². The Balaban J connectivity index is 1.84. The summed E-state index contributed by atoms with van der Waals surface area (Å²) in [7, 11) is -2.62. The summed E-state index contributed by atoms with van der Waals surface area (Å²) in [6.45, 7) is 5.20. The van der Waals surface area contributed by atoms with Crippen LogP contribution in [0.25, 0.3) is 10.9 Å². The maximum absolute atomic E-state index is 13.3. The Morgan fingerprint density at radius 3 is 2.62 bits per heavy atom. The number of pyridine rings is 1. The molecular weight excluding hydrogens is 540 g/mol. The first-order valence-electron chi connectivity index (χ1n) is 12.2. The summed E-state index contributed by atoms with van der Waals surface area (Å²) in [5.41, 5.74) is 1.56. The molecule has 1 heterocycles. The van der Waals surface area contributed by atoms with Crippen LogP contribution >= 0.6 is 12.2 Å². The molecule has 39 heavy (non-hydrogen) atoms. The van der Waals surface area contributed by atoms with Crippen LogP contribution in [-0.2, 0) is 30.8 Å². The number of ether oxygens (including phenoxy) is 2. The van der Waals surface area contributed by atoms with E-state index in [1.54, 1.807) is 34.0 Å². The van der Waals surface area contributed by atoms with Gasteiger partial charge >= 0.3 is 5.97 Å². The standard InChI is InChI=1S/C27H32N4O6S2/c1-27(2,3)37-25(33)16-20(17-32)31-39(34,35)24-11-10-19(30-26(38)28-4)15-23(24)36-14-12-18-7-5-9-22-21(18)8-6-13-29-22/h5-11,13,15,17,20,31H,12,14,16H2,1-4H3,(H2,28,30,38). The van der Waals surface area contributed by atoms with Gasteiger partial charge in [-0.1, -0.05) is 18.2 Å². The van der Waals surface area contributed by atoms with E-state index in [-0.39, 0.29) is 17.3 Å². The highest BCUT2D eigenvalue weighted by Crippen LogP contribution is 2.29. The predicted octanol–water partition coefficient (Wildman–Crippen LogP) is 3.35. The number of nitrogens with one attached hydrogen (secondary N) is 3. The molecule has 2 aromatic carbocycles. The molecular formula is C27H32N4O6S2. The summed E-state index contributed by atoms with van der Waals surface area (Å²) in [6, 6.07) is 12.6. The van der Waals surface area contributed by atoms with Crippen molar-refractivity contribution in [2.45, 2.75) is 50.2 Å². The molecule has 1 unspecified atom stereocenters. The van der Waals surface area contributed by atoms with Crippen LogP contribution in [0.2, 0.25) is 0 Å². The van der Waals surface area contributed by atoms with Crippen LogP contribution < -0.4 is 20.1 Å². The number of nitrogens with zero attached hydrogens (tertiary/aromatic N) is 1. The van der Waals surface area contributed by atoms with E-state index >= 15 is 0 Å². The number of esters is 1. The van der Waals surface area contributed by atoms with E-state index < -0.39 is 34.1 Å². The van der Waals surface area contributed by atoms with Crippen LogP contribution in [-0.4, -0.2) is 56.1 Å². The second-order valence-electron chi connectivity index (χ2n) is 9.61. The zero-order valence-electron chi connectivity index (χ0n) is 22.2. The number of carbonyl (C=O) groups excluding carboxylic acids is 2. The minimum atomic E-state index is -4.27. The molecule has 1 aromatic heterocycles. The zero-order valence-corrected chi connectivity index (χ0v) is 23.8. The molecule has 0 saturated carbocycles. The largest absolute Gasteiger partial charge is 0.492 e. The lowest BCUT2D eigenvalue weighted by Crippen LogP contribution is -2.39. The third-order valence-electron chi connectivity index (χ3n) is 5.36. The van der Waals surface area contributed by atoms with Gasteiger partial charge in [-0.25, -0.2) is 13.1 Å². The second kappa shape index (κ2) is 13.0. The third-order valence-corrected chi connectivity index (χ3v) is 7.20. The van der Waals surface area contributed by atoms with Crippen LogP contribution in [0.4, 0.5) is 5.69 Å². The summed E-state index contributed by atoms with van der Waals surface area (Å²) >= 11 is 5.15. The van der Waals surface area contributed by atoms with Gasteiger partial charge < -0.3 is 24.9 Å². The summed E-state index contributed by atoms with van der Waals surface area (Å²) in [4.78, 5) is 28.0. The van der Waals surface area contributed by atoms with Gasteiger partial charge in [-0.05, 0) is 62.8 Å². The summed E-state index contributed by atoms with van der Waals surface area (Å²) < 4.78 is 40.1. The lowest BCUT2D eigenvalue weighted by molar-refractivity contribution is -0.155. The van der Waals surface area contributed by atoms with Gasteiger partial charge in [0.05, 0.1) is 24.6 Å². The maximum Gasteiger partial charge on any atom is 0.308 e. The van der Waals surface area contributed by atoms with Gasteiger partial charge in [0.1, 0.15) is 22.5 Å². The minimum Gasteiger partial charge on any atom is -0.492 e. The third kappa shape index (κ3) is 8.70. The van der Waals surface area contributed by atoms with E-state index in [1.807, 2.05) is 30.3 Å². The normalized spacial score (nSPS) is 12.4. The summed E-state index contributed by atoms with van der Waals surface area (Å²) in [6.07, 6.45) is 2.10. The molecule has 0 bridgehead atoms. The number of hydrogen-bond donors (Lipinski definition) is 3. The molecule has 12 heteroatoms. The lowest BCUT2D eigenvalue weighted by atomic mass is 10.1. The number of carbonyl (C=O) groups is 2. The van der Waals surface area contributed by atoms with Gasteiger partial charge in [0, 0.05) is 36.8 Å². The van der Waals surface area contributed by atoms with Crippen LogP contribution in [0.1, 0.15) is 32.8 Å². The van der Waals surface area contributed by atoms with Gasteiger partial charge in [0.25, 0.3) is 0 Å². The first-order chi connectivity index (χ1) is 18.4. The number of sulfonamides is 1. The van der Waals surface area contributed by atoms with Crippen LogP contribution in [0.15, 0.2) is 59.6 Å². The average molecular weight is 573 g/mol. The molecule has 3 aromatic rings. The molecule has 0 saturated heterocycles. The fourth-order valence-electron chi connectivity index (χ4n) is 3.71. The minimum absolute atomic E-state index is 0.0479. The topological polar surface area (TPSA) is 136 Å². The number of rotatable bonds is 11. The van der Waals surface area contributed by atoms with E-state index in [0.29, 0.717) is 23.5 Å². The van der Waals surface area contributed by atoms with Gasteiger partial charge in [0.2, 0.25) is 10.0 Å². The molecule has 1 atom stereocenters. The summed E-state index contributed by atoms with van der Waals surface area (Å²) in [5, 5.41) is 7.04. The van der Waals surface area contributed by atoms with Crippen molar-refractivity contribution in [3.05, 3.63) is 60.3 Å². The number of hydrogen-bond acceptors (Lipinski definition) is 8.